The second kappa shape index (κ2) is 15.2. The van der Waals surface area contributed by atoms with Crippen molar-refractivity contribution in [3.05, 3.63) is 70.7 Å². The Balaban J connectivity index is 0.000000215. The number of nitrogens with one attached hydrogen (secondary N) is 1. The summed E-state index contributed by atoms with van der Waals surface area (Å²) in [6, 6.07) is 12.1. The average molecular weight is 570 g/mol. The zero-order chi connectivity index (χ0) is 29.9. The monoisotopic (exact) mass is 569 g/mol. The van der Waals surface area contributed by atoms with Crippen LogP contribution >= 0.6 is 0 Å². The maximum Gasteiger partial charge on any atom is 0.185 e. The van der Waals surface area contributed by atoms with Crippen molar-refractivity contribution in [3.63, 3.8) is 0 Å². The molecule has 2 atom stereocenters. The molecule has 0 spiro atoms. The van der Waals surface area contributed by atoms with E-state index < -0.39 is 6.86 Å². The molecule has 2 unspecified atom stereocenters. The van der Waals surface area contributed by atoms with Gasteiger partial charge in [-0.3, -0.25) is 14.7 Å². The number of likely N-dealkylation sites (N-methyl/N-ethyl adjacent to an activating group) is 2. The molecule has 2 heterocycles. The number of aromatic nitrogens is 1. The molecule has 0 bridgehead atoms. The van der Waals surface area contributed by atoms with Crippen molar-refractivity contribution in [3.8, 4) is 22.8 Å². The Hall–Kier alpha value is -3.93. The number of aliphatic hydroxyl groups excluding tert-OH is 1. The maximum atomic E-state index is 13.1. The summed E-state index contributed by atoms with van der Waals surface area (Å²) in [4.78, 5) is 21.8. The first-order valence-electron chi connectivity index (χ1n) is 13.2. The molecule has 2 aromatic carbocycles. The lowest BCUT2D eigenvalue weighted by molar-refractivity contribution is 0.112. The van der Waals surface area contributed by atoms with Crippen LogP contribution in [0.2, 0.25) is 0 Å². The van der Waals surface area contributed by atoms with Crippen LogP contribution in [0.3, 0.4) is 0 Å². The highest BCUT2D eigenvalue weighted by molar-refractivity contribution is 5.92. The summed E-state index contributed by atoms with van der Waals surface area (Å²) in [7, 11) is 5.45. The summed E-state index contributed by atoms with van der Waals surface area (Å²) in [5.74, 6) is 0.424. The van der Waals surface area contributed by atoms with Gasteiger partial charge in [0.15, 0.2) is 6.86 Å². The summed E-state index contributed by atoms with van der Waals surface area (Å²) >= 11 is 0. The van der Waals surface area contributed by atoms with Gasteiger partial charge in [-0.25, -0.2) is 13.8 Å². The van der Waals surface area contributed by atoms with Crippen LogP contribution < -0.4 is 15.8 Å². The number of carbonyl (C=O) groups excluding carboxylic acids is 1. The highest BCUT2D eigenvalue weighted by Gasteiger charge is 2.35. The second-order valence-corrected chi connectivity index (χ2v) is 9.69. The lowest BCUT2D eigenvalue weighted by Gasteiger charge is -2.12. The number of aldehydes is 1. The Bertz CT molecular complexity index is 1330. The Kier molecular flexibility index (Phi) is 11.7. The Morgan fingerprint density at radius 2 is 1.90 bits per heavy atom. The normalized spacial score (nSPS) is 17.2. The number of aromatic hydroxyl groups is 1. The first kappa shape index (κ1) is 31.6. The van der Waals surface area contributed by atoms with Crippen molar-refractivity contribution in [2.45, 2.75) is 31.3 Å². The molecule has 1 aliphatic carbocycles. The van der Waals surface area contributed by atoms with E-state index in [0.29, 0.717) is 28.7 Å². The summed E-state index contributed by atoms with van der Waals surface area (Å²) in [5, 5.41) is 20.6. The van der Waals surface area contributed by atoms with E-state index in [9.17, 15) is 18.7 Å². The number of nitrogens with two attached hydrogens (primary N) is 1. The number of nitrogen functional groups attached to an aromatic ring is 1. The van der Waals surface area contributed by atoms with E-state index in [1.165, 1.54) is 19.2 Å². The Labute approximate surface area is 238 Å². The average Bonchev–Trinajstić information content (AvgIpc) is 3.91. The molecular weight excluding hydrogens is 532 g/mol. The molecule has 41 heavy (non-hydrogen) atoms. The predicted molar refractivity (Wildman–Crippen MR) is 156 cm³/mol. The third-order valence-electron chi connectivity index (χ3n) is 6.57. The second-order valence-electron chi connectivity index (χ2n) is 9.69. The number of aliphatic hydroxyl groups is 1. The Morgan fingerprint density at radius 3 is 2.44 bits per heavy atom. The molecular formula is C30H37F2N5O4. The van der Waals surface area contributed by atoms with Crippen LogP contribution in [0.5, 0.6) is 11.5 Å². The van der Waals surface area contributed by atoms with Gasteiger partial charge in [-0.05, 0) is 69.4 Å². The predicted octanol–water partition coefficient (Wildman–Crippen LogP) is 3.92. The van der Waals surface area contributed by atoms with Crippen molar-refractivity contribution in [2.24, 2.45) is 4.99 Å². The molecule has 5 rings (SSSR count). The molecule has 9 nitrogen and oxygen atoms in total. The lowest BCUT2D eigenvalue weighted by atomic mass is 10.0. The van der Waals surface area contributed by atoms with Gasteiger partial charge in [0.05, 0.1) is 24.9 Å². The fourth-order valence-corrected chi connectivity index (χ4v) is 4.04. The number of methoxy groups -OCH3 is 1. The van der Waals surface area contributed by atoms with Gasteiger partial charge in [0.1, 0.15) is 29.3 Å². The number of alkyl halides is 1. The van der Waals surface area contributed by atoms with Crippen molar-refractivity contribution in [1.82, 2.24) is 15.2 Å². The fourth-order valence-electron chi connectivity index (χ4n) is 4.04. The smallest absolute Gasteiger partial charge is 0.185 e. The van der Waals surface area contributed by atoms with Crippen molar-refractivity contribution in [1.29, 1.82) is 0 Å². The molecule has 1 aliphatic heterocycles. The SMILES string of the molecule is CNCCc1cc(C2CN2C)c(O)c(-c2ccc(F)cc2)n1.COc1cc(C=O)cc(C=NC2CC2)c1N.OCF. The molecule has 220 valence electrons. The first-order valence-corrected chi connectivity index (χ1v) is 13.2. The molecule has 2 aliphatic rings. The van der Waals surface area contributed by atoms with Crippen LogP contribution in [0.1, 0.15) is 46.1 Å². The minimum absolute atomic E-state index is 0.203. The third-order valence-corrected chi connectivity index (χ3v) is 6.57. The standard InChI is InChI=1S/C17H20FN3O.C12H14N2O2.CH3FO/c1-19-8-7-13-9-14(15-10-21(15)2)17(22)16(20-13)11-3-5-12(18)6-4-11;1-16-11-5-8(7-15)4-9(12(11)13)6-14-10-2-3-10;2-1-3/h3-6,9,15,19,22H,7-8,10H2,1-2H3;4-7,10H,2-3,13H2,1H3;3H,1H2. The van der Waals surface area contributed by atoms with E-state index >= 15 is 0 Å². The number of aliphatic imine (C=N–C) groups is 1. The van der Waals surface area contributed by atoms with Crippen LogP contribution in [-0.4, -0.2) is 79.8 Å². The summed E-state index contributed by atoms with van der Waals surface area (Å²) in [6.07, 6.45) is 5.56. The Morgan fingerprint density at radius 1 is 1.24 bits per heavy atom. The van der Waals surface area contributed by atoms with Gasteiger partial charge in [0.2, 0.25) is 0 Å². The number of nitrogens with zero attached hydrogens (tertiary/aromatic N) is 3. The highest BCUT2D eigenvalue weighted by Crippen LogP contribution is 2.42. The molecule has 2 fully saturated rings. The molecule has 1 saturated heterocycles. The van der Waals surface area contributed by atoms with E-state index in [-0.39, 0.29) is 17.6 Å². The molecule has 5 N–H and O–H groups in total. The highest BCUT2D eigenvalue weighted by atomic mass is 19.1. The topological polar surface area (TPSA) is 133 Å². The molecule has 0 radical (unpaired) electrons. The number of hydrogen-bond acceptors (Lipinski definition) is 9. The van der Waals surface area contributed by atoms with Crippen LogP contribution in [0, 0.1) is 5.82 Å². The minimum Gasteiger partial charge on any atom is -0.505 e. The van der Waals surface area contributed by atoms with Gasteiger partial charge < -0.3 is 26.0 Å². The maximum absolute atomic E-state index is 13.1. The molecule has 11 heteroatoms. The van der Waals surface area contributed by atoms with Gasteiger partial charge in [-0.1, -0.05) is 0 Å². The van der Waals surface area contributed by atoms with Crippen LogP contribution in [0.4, 0.5) is 14.5 Å². The summed E-state index contributed by atoms with van der Waals surface area (Å²) in [6.45, 7) is 0.506. The number of ether oxygens (including phenoxy) is 1. The van der Waals surface area contributed by atoms with E-state index in [1.807, 2.05) is 20.2 Å². The largest absolute Gasteiger partial charge is 0.505 e. The quantitative estimate of drug-likeness (QED) is 0.132. The number of pyridine rings is 1. The number of benzene rings is 2. The fraction of sp³-hybridized carbons (Fsp3) is 0.367. The lowest BCUT2D eigenvalue weighted by Crippen LogP contribution is -2.12. The number of hydrogen-bond donors (Lipinski definition) is 4. The zero-order valence-corrected chi connectivity index (χ0v) is 23.5. The molecule has 0 amide bonds. The van der Waals surface area contributed by atoms with Crippen LogP contribution in [0.25, 0.3) is 11.3 Å². The number of carbonyl (C=O) groups is 1. The molecule has 1 aromatic heterocycles. The van der Waals surface area contributed by atoms with Crippen LogP contribution in [0.15, 0.2) is 47.5 Å². The summed E-state index contributed by atoms with van der Waals surface area (Å²) < 4.78 is 28.1. The minimum atomic E-state index is -1.25. The van der Waals surface area contributed by atoms with Gasteiger partial charge in [0, 0.05) is 53.7 Å². The van der Waals surface area contributed by atoms with Gasteiger partial charge in [-0.15, -0.1) is 0 Å². The summed E-state index contributed by atoms with van der Waals surface area (Å²) in [5.41, 5.74) is 10.8. The van der Waals surface area contributed by atoms with E-state index in [0.717, 1.165) is 61.0 Å². The van der Waals surface area contributed by atoms with E-state index in [1.54, 1.807) is 30.5 Å². The van der Waals surface area contributed by atoms with Crippen molar-refractivity contribution < 1.29 is 28.5 Å². The van der Waals surface area contributed by atoms with Crippen LogP contribution in [-0.2, 0) is 6.42 Å². The van der Waals surface area contributed by atoms with Gasteiger partial charge in [-0.2, -0.15) is 0 Å². The van der Waals surface area contributed by atoms with Gasteiger partial charge >= 0.3 is 0 Å². The van der Waals surface area contributed by atoms with E-state index in [2.05, 4.69) is 20.2 Å². The molecule has 1 saturated carbocycles. The van der Waals surface area contributed by atoms with E-state index in [4.69, 9.17) is 15.6 Å². The first-order chi connectivity index (χ1) is 19.8. The number of rotatable bonds is 9. The number of halogens is 2. The molecule has 3 aromatic rings. The van der Waals surface area contributed by atoms with Gasteiger partial charge in [0.25, 0.3) is 0 Å². The third kappa shape index (κ3) is 9.04. The van der Waals surface area contributed by atoms with Crippen molar-refractivity contribution in [2.75, 3.05) is 46.9 Å². The zero-order valence-electron chi connectivity index (χ0n) is 23.5. The van der Waals surface area contributed by atoms with Crippen molar-refractivity contribution >= 4 is 18.2 Å². The number of anilines is 1.